The summed E-state index contributed by atoms with van der Waals surface area (Å²) < 4.78 is 6.81. The Balaban J connectivity index is 2.35. The largest absolute Gasteiger partial charge is 0.493 e. The lowest BCUT2D eigenvalue weighted by atomic mass is 10.1. The summed E-state index contributed by atoms with van der Waals surface area (Å²) >= 11 is 3.49. The summed E-state index contributed by atoms with van der Waals surface area (Å²) in [6, 6.07) is 8.68. The van der Waals surface area contributed by atoms with Crippen LogP contribution in [0.3, 0.4) is 0 Å². The Kier molecular flexibility index (Phi) is 6.08. The average molecular weight is 326 g/mol. The predicted molar refractivity (Wildman–Crippen MR) is 85.2 cm³/mol. The van der Waals surface area contributed by atoms with E-state index in [1.165, 1.54) is 5.56 Å². The van der Waals surface area contributed by atoms with Crippen molar-refractivity contribution >= 4 is 15.9 Å². The van der Waals surface area contributed by atoms with Crippen molar-refractivity contribution in [3.63, 3.8) is 0 Å². The minimum atomic E-state index is -0.160. The van der Waals surface area contributed by atoms with Crippen LogP contribution in [0.1, 0.15) is 45.7 Å². The summed E-state index contributed by atoms with van der Waals surface area (Å²) in [7, 11) is 0. The van der Waals surface area contributed by atoms with Crippen molar-refractivity contribution in [2.24, 2.45) is 0 Å². The van der Waals surface area contributed by atoms with Crippen molar-refractivity contribution in [1.29, 1.82) is 0 Å². The van der Waals surface area contributed by atoms with Crippen molar-refractivity contribution in [2.75, 3.05) is 6.54 Å². The van der Waals surface area contributed by atoms with Crippen LogP contribution in [-0.4, -0.2) is 12.1 Å². The van der Waals surface area contributed by atoms with E-state index in [0.717, 1.165) is 23.2 Å². The molecule has 0 heterocycles. The summed E-state index contributed by atoms with van der Waals surface area (Å²) in [5, 5.41) is 3.48. The summed E-state index contributed by atoms with van der Waals surface area (Å²) in [6.07, 6.45) is 0.829. The fourth-order valence-electron chi connectivity index (χ4n) is 1.81. The third-order valence-corrected chi connectivity index (χ3v) is 3.15. The molecule has 1 aromatic carbocycles. The fraction of sp³-hybridized carbons (Fsp3) is 0.500. The topological polar surface area (TPSA) is 21.3 Å². The lowest BCUT2D eigenvalue weighted by Crippen LogP contribution is -2.23. The number of benzene rings is 1. The Morgan fingerprint density at radius 3 is 2.68 bits per heavy atom. The average Bonchev–Trinajstić information content (AvgIpc) is 2.26. The Morgan fingerprint density at radius 2 is 2.11 bits per heavy atom. The number of hydrogen-bond donors (Lipinski definition) is 1. The molecule has 0 bridgehead atoms. The number of hydrogen-bond acceptors (Lipinski definition) is 2. The smallest absolute Gasteiger partial charge is 0.100 e. The molecule has 1 rings (SSSR count). The van der Waals surface area contributed by atoms with Crippen LogP contribution in [-0.2, 0) is 4.74 Å². The molecular formula is C16H24BrNO. The van der Waals surface area contributed by atoms with Crippen LogP contribution in [0.5, 0.6) is 0 Å². The first-order chi connectivity index (χ1) is 8.78. The molecule has 3 heteroatoms. The van der Waals surface area contributed by atoms with E-state index in [9.17, 15) is 0 Å². The molecule has 0 amide bonds. The standard InChI is InChI=1S/C16H24BrNO/c1-12(19-16(3,4)5)9-10-18-13(2)14-7-6-8-15(17)11-14/h6-8,11,13,18H,1,9-10H2,2-5H3/t13-/m0/s1. The molecule has 0 aromatic heterocycles. The second-order valence-electron chi connectivity index (χ2n) is 5.73. The zero-order chi connectivity index (χ0) is 14.5. The molecular weight excluding hydrogens is 302 g/mol. The van der Waals surface area contributed by atoms with Gasteiger partial charge in [0.1, 0.15) is 5.60 Å². The van der Waals surface area contributed by atoms with Crippen molar-refractivity contribution in [3.05, 3.63) is 46.6 Å². The zero-order valence-electron chi connectivity index (χ0n) is 12.3. The highest BCUT2D eigenvalue weighted by atomic mass is 79.9. The molecule has 0 unspecified atom stereocenters. The molecule has 1 N–H and O–H groups in total. The van der Waals surface area contributed by atoms with Gasteiger partial charge in [0.25, 0.3) is 0 Å². The highest BCUT2D eigenvalue weighted by Crippen LogP contribution is 2.18. The summed E-state index contributed by atoms with van der Waals surface area (Å²) in [5.41, 5.74) is 1.12. The van der Waals surface area contributed by atoms with Crippen LogP contribution in [0.25, 0.3) is 0 Å². The van der Waals surface area contributed by atoms with Gasteiger partial charge < -0.3 is 10.1 Å². The Hall–Kier alpha value is -0.800. The molecule has 2 nitrogen and oxygen atoms in total. The first-order valence-corrected chi connectivity index (χ1v) is 7.43. The lowest BCUT2D eigenvalue weighted by molar-refractivity contribution is 0.0478. The Bertz CT molecular complexity index is 423. The highest BCUT2D eigenvalue weighted by molar-refractivity contribution is 9.10. The van der Waals surface area contributed by atoms with E-state index in [0.29, 0.717) is 6.04 Å². The monoisotopic (exact) mass is 325 g/mol. The van der Waals surface area contributed by atoms with Crippen LogP contribution < -0.4 is 5.32 Å². The first-order valence-electron chi connectivity index (χ1n) is 6.63. The van der Waals surface area contributed by atoms with Gasteiger partial charge in [-0.05, 0) is 45.4 Å². The number of halogens is 1. The lowest BCUT2D eigenvalue weighted by Gasteiger charge is -2.23. The molecule has 0 aliphatic heterocycles. The van der Waals surface area contributed by atoms with E-state index in [4.69, 9.17) is 4.74 Å². The van der Waals surface area contributed by atoms with Gasteiger partial charge in [-0.1, -0.05) is 34.6 Å². The number of rotatable bonds is 6. The summed E-state index contributed by atoms with van der Waals surface area (Å²) in [4.78, 5) is 0. The normalized spacial score (nSPS) is 13.1. The molecule has 0 aliphatic carbocycles. The molecule has 1 aromatic rings. The maximum atomic E-state index is 5.70. The van der Waals surface area contributed by atoms with Crippen molar-refractivity contribution in [2.45, 2.75) is 45.8 Å². The van der Waals surface area contributed by atoms with Gasteiger partial charge in [-0.2, -0.15) is 0 Å². The minimum absolute atomic E-state index is 0.160. The van der Waals surface area contributed by atoms with Crippen LogP contribution in [0.15, 0.2) is 41.1 Å². The van der Waals surface area contributed by atoms with Gasteiger partial charge in [-0.25, -0.2) is 0 Å². The number of ether oxygens (including phenoxy) is 1. The van der Waals surface area contributed by atoms with Gasteiger partial charge in [-0.15, -0.1) is 0 Å². The van der Waals surface area contributed by atoms with Crippen LogP contribution in [0.4, 0.5) is 0 Å². The fourth-order valence-corrected chi connectivity index (χ4v) is 2.22. The van der Waals surface area contributed by atoms with Gasteiger partial charge in [0, 0.05) is 23.5 Å². The van der Waals surface area contributed by atoms with E-state index in [1.54, 1.807) is 0 Å². The first kappa shape index (κ1) is 16.3. The van der Waals surface area contributed by atoms with Crippen LogP contribution >= 0.6 is 15.9 Å². The van der Waals surface area contributed by atoms with Gasteiger partial charge in [0.05, 0.1) is 5.76 Å². The molecule has 0 spiro atoms. The molecule has 0 saturated carbocycles. The molecule has 1 atom stereocenters. The van der Waals surface area contributed by atoms with Crippen LogP contribution in [0, 0.1) is 0 Å². The molecule has 0 saturated heterocycles. The van der Waals surface area contributed by atoms with Gasteiger partial charge in [0.2, 0.25) is 0 Å². The third-order valence-electron chi connectivity index (χ3n) is 2.65. The van der Waals surface area contributed by atoms with Crippen molar-refractivity contribution < 1.29 is 4.74 Å². The van der Waals surface area contributed by atoms with E-state index in [2.05, 4.69) is 52.9 Å². The van der Waals surface area contributed by atoms with Gasteiger partial charge in [-0.3, -0.25) is 0 Å². The van der Waals surface area contributed by atoms with E-state index in [1.807, 2.05) is 26.8 Å². The quantitative estimate of drug-likeness (QED) is 0.757. The van der Waals surface area contributed by atoms with Crippen molar-refractivity contribution in [1.82, 2.24) is 5.32 Å². The zero-order valence-corrected chi connectivity index (χ0v) is 13.9. The minimum Gasteiger partial charge on any atom is -0.493 e. The van der Waals surface area contributed by atoms with Gasteiger partial charge >= 0.3 is 0 Å². The Morgan fingerprint density at radius 1 is 1.42 bits per heavy atom. The molecule has 0 radical (unpaired) electrons. The highest BCUT2D eigenvalue weighted by Gasteiger charge is 2.12. The molecule has 0 fully saturated rings. The second-order valence-corrected chi connectivity index (χ2v) is 6.65. The second kappa shape index (κ2) is 7.11. The van der Waals surface area contributed by atoms with E-state index < -0.39 is 0 Å². The molecule has 19 heavy (non-hydrogen) atoms. The van der Waals surface area contributed by atoms with Crippen LogP contribution in [0.2, 0.25) is 0 Å². The van der Waals surface area contributed by atoms with E-state index >= 15 is 0 Å². The number of nitrogens with one attached hydrogen (secondary N) is 1. The maximum absolute atomic E-state index is 5.70. The SMILES string of the molecule is C=C(CCN[C@@H](C)c1cccc(Br)c1)OC(C)(C)C. The molecule has 0 aliphatic rings. The third kappa shape index (κ3) is 6.79. The summed E-state index contributed by atoms with van der Waals surface area (Å²) in [5.74, 6) is 0.835. The Labute approximate surface area is 125 Å². The van der Waals surface area contributed by atoms with Crippen molar-refractivity contribution in [3.8, 4) is 0 Å². The predicted octanol–water partition coefficient (Wildman–Crippen LogP) is 4.82. The maximum Gasteiger partial charge on any atom is 0.100 e. The van der Waals surface area contributed by atoms with Gasteiger partial charge in [0.15, 0.2) is 0 Å². The molecule has 106 valence electrons. The van der Waals surface area contributed by atoms with E-state index in [-0.39, 0.29) is 5.60 Å². The summed E-state index contributed by atoms with van der Waals surface area (Å²) in [6.45, 7) is 13.1.